The number of halogens is 3. The van der Waals surface area contributed by atoms with E-state index in [9.17, 15) is 4.39 Å². The number of hydrazine groups is 1. The third-order valence-electron chi connectivity index (χ3n) is 3.15. The summed E-state index contributed by atoms with van der Waals surface area (Å²) in [6, 6.07) is 10.9. The van der Waals surface area contributed by atoms with Gasteiger partial charge in [-0.25, -0.2) is 4.39 Å². The van der Waals surface area contributed by atoms with Gasteiger partial charge in [-0.1, -0.05) is 44.0 Å². The van der Waals surface area contributed by atoms with E-state index in [1.165, 1.54) is 12.1 Å². The largest absolute Gasteiger partial charge is 0.271 e. The van der Waals surface area contributed by atoms with Crippen LogP contribution in [0.4, 0.5) is 4.39 Å². The molecule has 0 radical (unpaired) electrons. The molecule has 3 N–H and O–H groups in total. The highest BCUT2D eigenvalue weighted by atomic mass is 79.9. The molecular weight excluding hydrogens is 387 g/mol. The molecule has 1 atom stereocenters. The molecule has 5 heteroatoms. The topological polar surface area (TPSA) is 38.0 Å². The maximum Gasteiger partial charge on any atom is 0.124 e. The monoisotopic (exact) mass is 400 g/mol. The van der Waals surface area contributed by atoms with Gasteiger partial charge in [0.1, 0.15) is 5.82 Å². The van der Waals surface area contributed by atoms with E-state index in [0.29, 0.717) is 6.42 Å². The van der Waals surface area contributed by atoms with Crippen LogP contribution in [0.15, 0.2) is 45.3 Å². The SMILES string of the molecule is Cc1cc(C(Cc2cc(F)cc(Br)c2)NN)ccc1Br. The van der Waals surface area contributed by atoms with Gasteiger partial charge < -0.3 is 0 Å². The van der Waals surface area contributed by atoms with Crippen molar-refractivity contribution in [2.24, 2.45) is 5.84 Å². The lowest BCUT2D eigenvalue weighted by atomic mass is 9.98. The lowest BCUT2D eigenvalue weighted by molar-refractivity contribution is 0.548. The maximum absolute atomic E-state index is 13.4. The first kappa shape index (κ1) is 15.6. The molecule has 2 rings (SSSR count). The fraction of sp³-hybridized carbons (Fsp3) is 0.200. The second-order valence-electron chi connectivity index (χ2n) is 4.71. The number of hydrogen-bond donors (Lipinski definition) is 2. The number of benzene rings is 2. The average molecular weight is 402 g/mol. The smallest absolute Gasteiger partial charge is 0.124 e. The molecule has 0 aliphatic rings. The van der Waals surface area contributed by atoms with Crippen molar-refractivity contribution in [3.05, 3.63) is 67.9 Å². The summed E-state index contributed by atoms with van der Waals surface area (Å²) in [5.74, 6) is 5.40. The number of hydrogen-bond acceptors (Lipinski definition) is 2. The number of aryl methyl sites for hydroxylation is 1. The van der Waals surface area contributed by atoms with Gasteiger partial charge in [0.05, 0.1) is 0 Å². The van der Waals surface area contributed by atoms with E-state index in [2.05, 4.69) is 43.4 Å². The Hall–Kier alpha value is -0.750. The molecule has 0 saturated heterocycles. The molecule has 2 aromatic carbocycles. The zero-order valence-corrected chi connectivity index (χ0v) is 14.1. The Kier molecular flexibility index (Phi) is 5.32. The Labute approximate surface area is 134 Å². The zero-order valence-electron chi connectivity index (χ0n) is 11.0. The highest BCUT2D eigenvalue weighted by Crippen LogP contribution is 2.25. The Bertz CT molecular complexity index is 597. The van der Waals surface area contributed by atoms with E-state index < -0.39 is 0 Å². The van der Waals surface area contributed by atoms with Crippen molar-refractivity contribution in [2.75, 3.05) is 0 Å². The quantitative estimate of drug-likeness (QED) is 0.588. The van der Waals surface area contributed by atoms with E-state index in [0.717, 1.165) is 25.6 Å². The Morgan fingerprint density at radius 3 is 2.55 bits per heavy atom. The van der Waals surface area contributed by atoms with Gasteiger partial charge in [0.2, 0.25) is 0 Å². The van der Waals surface area contributed by atoms with Crippen LogP contribution in [0.3, 0.4) is 0 Å². The van der Waals surface area contributed by atoms with Crippen molar-refractivity contribution in [2.45, 2.75) is 19.4 Å². The van der Waals surface area contributed by atoms with Crippen molar-refractivity contribution in [3.63, 3.8) is 0 Å². The van der Waals surface area contributed by atoms with Gasteiger partial charge in [-0.05, 0) is 54.3 Å². The van der Waals surface area contributed by atoms with E-state index >= 15 is 0 Å². The summed E-state index contributed by atoms with van der Waals surface area (Å²) in [6.07, 6.45) is 0.619. The number of nitrogens with two attached hydrogens (primary N) is 1. The van der Waals surface area contributed by atoms with Gasteiger partial charge in [0.25, 0.3) is 0 Å². The van der Waals surface area contributed by atoms with Crippen LogP contribution in [-0.2, 0) is 6.42 Å². The predicted octanol–water partition coefficient (Wildman–Crippen LogP) is 4.41. The van der Waals surface area contributed by atoms with Gasteiger partial charge >= 0.3 is 0 Å². The van der Waals surface area contributed by atoms with Crippen LogP contribution in [0.2, 0.25) is 0 Å². The van der Waals surface area contributed by atoms with Crippen molar-refractivity contribution >= 4 is 31.9 Å². The standard InChI is InChI=1S/C15H15Br2FN2/c1-9-4-11(2-3-14(9)17)15(20-19)7-10-5-12(16)8-13(18)6-10/h2-6,8,15,20H,7,19H2,1H3. The molecule has 0 heterocycles. The Balaban J connectivity index is 2.26. The fourth-order valence-electron chi connectivity index (χ4n) is 2.12. The Morgan fingerprint density at radius 2 is 1.95 bits per heavy atom. The maximum atomic E-state index is 13.4. The summed E-state index contributed by atoms with van der Waals surface area (Å²) < 4.78 is 15.2. The zero-order chi connectivity index (χ0) is 14.7. The van der Waals surface area contributed by atoms with Gasteiger partial charge in [-0.15, -0.1) is 0 Å². The molecule has 0 fully saturated rings. The second kappa shape index (κ2) is 6.80. The minimum atomic E-state index is -0.253. The van der Waals surface area contributed by atoms with E-state index in [-0.39, 0.29) is 11.9 Å². The van der Waals surface area contributed by atoms with Gasteiger partial charge in [0, 0.05) is 15.0 Å². The first-order valence-electron chi connectivity index (χ1n) is 6.16. The summed E-state index contributed by atoms with van der Waals surface area (Å²) in [5.41, 5.74) is 5.91. The molecule has 106 valence electrons. The van der Waals surface area contributed by atoms with Crippen LogP contribution in [-0.4, -0.2) is 0 Å². The van der Waals surface area contributed by atoms with Crippen LogP contribution in [0.25, 0.3) is 0 Å². The highest BCUT2D eigenvalue weighted by molar-refractivity contribution is 9.10. The van der Waals surface area contributed by atoms with Crippen molar-refractivity contribution < 1.29 is 4.39 Å². The van der Waals surface area contributed by atoms with Crippen molar-refractivity contribution in [1.82, 2.24) is 5.43 Å². The predicted molar refractivity (Wildman–Crippen MR) is 86.7 cm³/mol. The summed E-state index contributed by atoms with van der Waals surface area (Å²) in [6.45, 7) is 2.03. The van der Waals surface area contributed by atoms with Crippen LogP contribution >= 0.6 is 31.9 Å². The summed E-state index contributed by atoms with van der Waals surface area (Å²) in [5, 5.41) is 0. The normalized spacial score (nSPS) is 12.4. The Morgan fingerprint density at radius 1 is 1.20 bits per heavy atom. The summed E-state index contributed by atoms with van der Waals surface area (Å²) >= 11 is 6.78. The van der Waals surface area contributed by atoms with Crippen LogP contribution < -0.4 is 11.3 Å². The molecule has 0 saturated carbocycles. The summed E-state index contributed by atoms with van der Waals surface area (Å²) in [7, 11) is 0. The number of rotatable bonds is 4. The van der Waals surface area contributed by atoms with E-state index in [4.69, 9.17) is 5.84 Å². The second-order valence-corrected chi connectivity index (χ2v) is 6.48. The number of nitrogens with one attached hydrogen (secondary N) is 1. The molecule has 0 bridgehead atoms. The summed E-state index contributed by atoms with van der Waals surface area (Å²) in [4.78, 5) is 0. The first-order chi connectivity index (χ1) is 9.49. The average Bonchev–Trinajstić information content (AvgIpc) is 2.38. The molecule has 1 unspecified atom stereocenters. The molecule has 2 nitrogen and oxygen atoms in total. The molecule has 0 spiro atoms. The fourth-order valence-corrected chi connectivity index (χ4v) is 2.88. The molecule has 0 amide bonds. The lowest BCUT2D eigenvalue weighted by Crippen LogP contribution is -2.29. The molecule has 0 aromatic heterocycles. The van der Waals surface area contributed by atoms with Gasteiger partial charge in [-0.2, -0.15) is 0 Å². The van der Waals surface area contributed by atoms with Crippen LogP contribution in [0.5, 0.6) is 0 Å². The van der Waals surface area contributed by atoms with E-state index in [1.807, 2.05) is 25.1 Å². The lowest BCUT2D eigenvalue weighted by Gasteiger charge is -2.17. The molecule has 0 aliphatic heterocycles. The third kappa shape index (κ3) is 3.88. The molecule has 2 aromatic rings. The molecule has 20 heavy (non-hydrogen) atoms. The van der Waals surface area contributed by atoms with Gasteiger partial charge in [-0.3, -0.25) is 11.3 Å². The van der Waals surface area contributed by atoms with Crippen molar-refractivity contribution in [3.8, 4) is 0 Å². The first-order valence-corrected chi connectivity index (χ1v) is 7.75. The van der Waals surface area contributed by atoms with Gasteiger partial charge in [0.15, 0.2) is 0 Å². The highest BCUT2D eigenvalue weighted by Gasteiger charge is 2.12. The van der Waals surface area contributed by atoms with Crippen molar-refractivity contribution in [1.29, 1.82) is 0 Å². The van der Waals surface area contributed by atoms with E-state index in [1.54, 1.807) is 0 Å². The molecule has 0 aliphatic carbocycles. The minimum absolute atomic E-state index is 0.0597. The van der Waals surface area contributed by atoms with Crippen LogP contribution in [0, 0.1) is 12.7 Å². The minimum Gasteiger partial charge on any atom is -0.271 e. The molecular formula is C15H15Br2FN2. The third-order valence-corrected chi connectivity index (χ3v) is 4.50. The van der Waals surface area contributed by atoms with Crippen LogP contribution in [0.1, 0.15) is 22.7 Å².